The fourth-order valence-corrected chi connectivity index (χ4v) is 3.92. The second-order valence-electron chi connectivity index (χ2n) is 8.33. The standard InChI is InChI=1S/C27H29N7O3.CH4/c1-3-37-25(35)13-15-34(23-6-4-5-14-30-23)27(36)19-9-12-22-21(16-19)32-24(33(22)2)17-31-20-10-7-18(8-11-20)26(28)29;/h4-12,14,16,31H,3,13,15,17H2,1-2H3,(H3,28,29);1H4. The number of hydrogen-bond acceptors (Lipinski definition) is 7. The summed E-state index contributed by atoms with van der Waals surface area (Å²) in [6.07, 6.45) is 1.67. The summed E-state index contributed by atoms with van der Waals surface area (Å²) in [7, 11) is 1.92. The molecule has 0 aliphatic rings. The molecule has 198 valence electrons. The first kappa shape index (κ1) is 27.9. The normalized spacial score (nSPS) is 10.5. The van der Waals surface area contributed by atoms with Gasteiger partial charge in [0.05, 0.1) is 30.6 Å². The fourth-order valence-electron chi connectivity index (χ4n) is 3.92. The molecule has 0 aliphatic carbocycles. The van der Waals surface area contributed by atoms with E-state index in [1.807, 2.05) is 29.8 Å². The van der Waals surface area contributed by atoms with E-state index in [-0.39, 0.29) is 44.7 Å². The van der Waals surface area contributed by atoms with E-state index < -0.39 is 0 Å². The summed E-state index contributed by atoms with van der Waals surface area (Å²) in [6.45, 7) is 2.64. The molecule has 0 fully saturated rings. The van der Waals surface area contributed by atoms with Crippen molar-refractivity contribution in [2.45, 2.75) is 27.3 Å². The predicted molar refractivity (Wildman–Crippen MR) is 149 cm³/mol. The van der Waals surface area contributed by atoms with Crippen LogP contribution in [0.25, 0.3) is 11.0 Å². The Bertz CT molecular complexity index is 1420. The lowest BCUT2D eigenvalue weighted by Gasteiger charge is -2.21. The molecule has 0 bridgehead atoms. The smallest absolute Gasteiger partial charge is 0.307 e. The molecule has 10 nitrogen and oxygen atoms in total. The number of nitrogens with one attached hydrogen (secondary N) is 2. The lowest BCUT2D eigenvalue weighted by molar-refractivity contribution is -0.142. The number of esters is 1. The van der Waals surface area contributed by atoms with Crippen LogP contribution in [-0.2, 0) is 23.1 Å². The second kappa shape index (κ2) is 12.5. The number of anilines is 2. The SMILES string of the molecule is C.CCOC(=O)CCN(C(=O)c1ccc2c(c1)nc(CNc1ccc(C(=N)N)cc1)n2C)c1ccccn1. The maximum absolute atomic E-state index is 13.5. The van der Waals surface area contributed by atoms with Gasteiger partial charge in [0.1, 0.15) is 17.5 Å². The van der Waals surface area contributed by atoms with Gasteiger partial charge in [0.25, 0.3) is 5.91 Å². The highest BCUT2D eigenvalue weighted by atomic mass is 16.5. The molecule has 0 aliphatic heterocycles. The van der Waals surface area contributed by atoms with E-state index in [0.717, 1.165) is 17.0 Å². The van der Waals surface area contributed by atoms with Crippen LogP contribution in [-0.4, -0.2) is 45.4 Å². The van der Waals surface area contributed by atoms with E-state index in [0.29, 0.717) is 29.0 Å². The van der Waals surface area contributed by atoms with Crippen LogP contribution in [0.1, 0.15) is 42.5 Å². The fraction of sp³-hybridized carbons (Fsp3) is 0.250. The zero-order chi connectivity index (χ0) is 26.4. The van der Waals surface area contributed by atoms with Crippen LogP contribution in [0.3, 0.4) is 0 Å². The van der Waals surface area contributed by atoms with Gasteiger partial charge in [-0.1, -0.05) is 13.5 Å². The molecule has 2 heterocycles. The van der Waals surface area contributed by atoms with Gasteiger partial charge in [0.2, 0.25) is 0 Å². The van der Waals surface area contributed by atoms with Crippen molar-refractivity contribution in [2.75, 3.05) is 23.4 Å². The van der Waals surface area contributed by atoms with Gasteiger partial charge in [0.15, 0.2) is 0 Å². The summed E-state index contributed by atoms with van der Waals surface area (Å²) in [5.41, 5.74) is 9.07. The van der Waals surface area contributed by atoms with E-state index in [4.69, 9.17) is 20.9 Å². The zero-order valence-corrected chi connectivity index (χ0v) is 20.8. The molecule has 1 amide bonds. The molecular weight excluding hydrogens is 482 g/mol. The van der Waals surface area contributed by atoms with Crippen molar-refractivity contribution >= 4 is 40.3 Å². The summed E-state index contributed by atoms with van der Waals surface area (Å²) in [6, 6.07) is 18.0. The quantitative estimate of drug-likeness (QED) is 0.164. The summed E-state index contributed by atoms with van der Waals surface area (Å²) >= 11 is 0. The predicted octanol–water partition coefficient (Wildman–Crippen LogP) is 4.10. The number of imidazole rings is 1. The van der Waals surface area contributed by atoms with Gasteiger partial charge >= 0.3 is 5.97 Å². The molecule has 4 N–H and O–H groups in total. The number of nitrogens with two attached hydrogens (primary N) is 1. The first-order valence-electron chi connectivity index (χ1n) is 11.9. The minimum absolute atomic E-state index is 0. The van der Waals surface area contributed by atoms with Crippen LogP contribution in [0.2, 0.25) is 0 Å². The lowest BCUT2D eigenvalue weighted by atomic mass is 10.1. The number of aryl methyl sites for hydroxylation is 1. The van der Waals surface area contributed by atoms with Crippen molar-refractivity contribution in [1.29, 1.82) is 5.41 Å². The number of nitrogen functional groups attached to an aromatic ring is 1. The Kier molecular flexibility index (Phi) is 9.15. The highest BCUT2D eigenvalue weighted by Crippen LogP contribution is 2.21. The summed E-state index contributed by atoms with van der Waals surface area (Å²) in [5.74, 6) is 0.623. The number of pyridine rings is 1. The number of benzene rings is 2. The number of rotatable bonds is 10. The number of carbonyl (C=O) groups is 2. The van der Waals surface area contributed by atoms with E-state index in [2.05, 4.69) is 10.3 Å². The number of amides is 1. The molecule has 0 unspecified atom stereocenters. The van der Waals surface area contributed by atoms with E-state index in [1.165, 1.54) is 4.90 Å². The number of ether oxygens (including phenoxy) is 1. The maximum Gasteiger partial charge on any atom is 0.307 e. The van der Waals surface area contributed by atoms with Crippen LogP contribution in [0.5, 0.6) is 0 Å². The highest BCUT2D eigenvalue weighted by molar-refractivity contribution is 6.07. The van der Waals surface area contributed by atoms with Crippen molar-refractivity contribution in [3.8, 4) is 0 Å². The second-order valence-corrected chi connectivity index (χ2v) is 8.33. The maximum atomic E-state index is 13.5. The van der Waals surface area contributed by atoms with E-state index >= 15 is 0 Å². The molecule has 10 heteroatoms. The van der Waals surface area contributed by atoms with Crippen LogP contribution in [0, 0.1) is 5.41 Å². The van der Waals surface area contributed by atoms with Crippen LogP contribution >= 0.6 is 0 Å². The van der Waals surface area contributed by atoms with Crippen molar-refractivity contribution in [3.05, 3.63) is 83.8 Å². The molecule has 0 radical (unpaired) electrons. The van der Waals surface area contributed by atoms with Gasteiger partial charge in [-0.15, -0.1) is 0 Å². The number of carbonyl (C=O) groups excluding carboxylic acids is 2. The highest BCUT2D eigenvalue weighted by Gasteiger charge is 2.21. The number of amidine groups is 1. The minimum Gasteiger partial charge on any atom is -0.466 e. The molecule has 0 spiro atoms. The summed E-state index contributed by atoms with van der Waals surface area (Å²) < 4.78 is 7.00. The zero-order valence-electron chi connectivity index (χ0n) is 20.8. The van der Waals surface area contributed by atoms with Crippen molar-refractivity contribution in [2.24, 2.45) is 12.8 Å². The average Bonchev–Trinajstić information content (AvgIpc) is 3.23. The summed E-state index contributed by atoms with van der Waals surface area (Å²) in [4.78, 5) is 36.0. The topological polar surface area (TPSA) is 139 Å². The van der Waals surface area contributed by atoms with Crippen LogP contribution < -0.4 is 16.0 Å². The van der Waals surface area contributed by atoms with Crippen LogP contribution in [0.15, 0.2) is 66.9 Å². The van der Waals surface area contributed by atoms with Gasteiger partial charge in [-0.25, -0.2) is 9.97 Å². The third-order valence-corrected chi connectivity index (χ3v) is 5.88. The van der Waals surface area contributed by atoms with E-state index in [9.17, 15) is 9.59 Å². The minimum atomic E-state index is -0.371. The van der Waals surface area contributed by atoms with Gasteiger partial charge in [0, 0.05) is 36.6 Å². The van der Waals surface area contributed by atoms with Gasteiger partial charge in [-0.2, -0.15) is 0 Å². The number of nitrogens with zero attached hydrogens (tertiary/aromatic N) is 4. The van der Waals surface area contributed by atoms with Crippen molar-refractivity contribution < 1.29 is 14.3 Å². The Labute approximate surface area is 222 Å². The number of fused-ring (bicyclic) bond motifs is 1. The Hall–Kier alpha value is -4.73. The van der Waals surface area contributed by atoms with Gasteiger partial charge in [-0.3, -0.25) is 19.9 Å². The van der Waals surface area contributed by atoms with E-state index in [1.54, 1.807) is 55.6 Å². The Morgan fingerprint density at radius 3 is 2.50 bits per heavy atom. The third-order valence-electron chi connectivity index (χ3n) is 5.88. The molecule has 2 aromatic heterocycles. The Balaban J connectivity index is 0.00000400. The van der Waals surface area contributed by atoms with Crippen molar-refractivity contribution in [3.63, 3.8) is 0 Å². The molecular formula is C28H33N7O3. The molecule has 0 saturated carbocycles. The molecule has 4 rings (SSSR count). The first-order valence-corrected chi connectivity index (χ1v) is 11.9. The van der Waals surface area contributed by atoms with Gasteiger partial charge in [-0.05, 0) is 61.5 Å². The molecule has 0 atom stereocenters. The molecule has 4 aromatic rings. The number of hydrogen-bond donors (Lipinski definition) is 3. The number of aromatic nitrogens is 3. The molecule has 2 aromatic carbocycles. The molecule has 0 saturated heterocycles. The average molecular weight is 516 g/mol. The first-order chi connectivity index (χ1) is 17.9. The molecule has 38 heavy (non-hydrogen) atoms. The monoisotopic (exact) mass is 515 g/mol. The Morgan fingerprint density at radius 2 is 1.84 bits per heavy atom. The van der Waals surface area contributed by atoms with Crippen molar-refractivity contribution in [1.82, 2.24) is 14.5 Å². The largest absolute Gasteiger partial charge is 0.466 e. The summed E-state index contributed by atoms with van der Waals surface area (Å²) in [5, 5.41) is 10.8. The van der Waals surface area contributed by atoms with Gasteiger partial charge < -0.3 is 20.4 Å². The Morgan fingerprint density at radius 1 is 1.11 bits per heavy atom. The van der Waals surface area contributed by atoms with Crippen LogP contribution in [0.4, 0.5) is 11.5 Å². The third kappa shape index (κ3) is 6.33. The lowest BCUT2D eigenvalue weighted by Crippen LogP contribution is -2.34.